The molecule has 5 heteroatoms. The summed E-state index contributed by atoms with van der Waals surface area (Å²) in [6.45, 7) is 6.68. The van der Waals surface area contributed by atoms with Gasteiger partial charge in [0, 0.05) is 19.1 Å². The Morgan fingerprint density at radius 1 is 1.73 bits per heavy atom. The second kappa shape index (κ2) is 5.92. The van der Waals surface area contributed by atoms with Gasteiger partial charge in [-0.15, -0.1) is 0 Å². The first-order chi connectivity index (χ1) is 7.19. The molecule has 0 aromatic heterocycles. The van der Waals surface area contributed by atoms with Crippen LogP contribution in [0.4, 0.5) is 0 Å². The summed E-state index contributed by atoms with van der Waals surface area (Å²) in [6, 6.07) is 0.535. The van der Waals surface area contributed by atoms with E-state index >= 15 is 0 Å². The van der Waals surface area contributed by atoms with Crippen molar-refractivity contribution in [3.05, 3.63) is 0 Å². The monoisotopic (exact) mass is 215 g/mol. The maximum absolute atomic E-state index is 8.58. The topological polar surface area (TPSA) is 71.1 Å². The number of amidine groups is 1. The molecule has 3 N–H and O–H groups in total. The largest absolute Gasteiger partial charge is 0.409 e. The Kier molecular flexibility index (Phi) is 4.84. The molecule has 1 saturated heterocycles. The minimum atomic E-state index is -0.261. The van der Waals surface area contributed by atoms with Crippen LogP contribution in [0.15, 0.2) is 5.16 Å². The average molecular weight is 215 g/mol. The fourth-order valence-corrected chi connectivity index (χ4v) is 1.91. The predicted octanol–water partition coefficient (Wildman–Crippen LogP) is 0.622. The van der Waals surface area contributed by atoms with E-state index in [-0.39, 0.29) is 11.9 Å². The standard InChI is InChI=1S/C10H21N3O2/c1-3-4-8(2)13-5-6-15-9(7-13)10(11)12-14/h8-9,14H,3-7H2,1-2H3,(H2,11,12). The van der Waals surface area contributed by atoms with Crippen molar-refractivity contribution in [2.45, 2.75) is 38.8 Å². The summed E-state index contributed by atoms with van der Waals surface area (Å²) in [5.41, 5.74) is 5.53. The molecule has 0 aromatic rings. The molecule has 0 aliphatic carbocycles. The van der Waals surface area contributed by atoms with E-state index in [4.69, 9.17) is 15.7 Å². The number of hydrogen-bond acceptors (Lipinski definition) is 4. The molecule has 1 aliphatic heterocycles. The van der Waals surface area contributed by atoms with Crippen LogP contribution < -0.4 is 5.73 Å². The van der Waals surface area contributed by atoms with Gasteiger partial charge in [-0.2, -0.15) is 0 Å². The van der Waals surface area contributed by atoms with Gasteiger partial charge in [0.25, 0.3) is 0 Å². The molecule has 0 amide bonds. The lowest BCUT2D eigenvalue weighted by Gasteiger charge is -2.36. The third-order valence-corrected chi connectivity index (χ3v) is 2.87. The van der Waals surface area contributed by atoms with Crippen LogP contribution in [0.1, 0.15) is 26.7 Å². The van der Waals surface area contributed by atoms with E-state index in [2.05, 4.69) is 23.9 Å². The molecule has 15 heavy (non-hydrogen) atoms. The highest BCUT2D eigenvalue weighted by atomic mass is 16.5. The molecule has 0 radical (unpaired) electrons. The number of nitrogens with zero attached hydrogens (tertiary/aromatic N) is 2. The number of hydrogen-bond donors (Lipinski definition) is 2. The smallest absolute Gasteiger partial charge is 0.169 e. The summed E-state index contributed by atoms with van der Waals surface area (Å²) in [6.07, 6.45) is 2.08. The molecule has 2 unspecified atom stereocenters. The van der Waals surface area contributed by atoms with Crippen LogP contribution in [0, 0.1) is 0 Å². The van der Waals surface area contributed by atoms with Crippen LogP contribution in [0.2, 0.25) is 0 Å². The van der Waals surface area contributed by atoms with Gasteiger partial charge in [-0.3, -0.25) is 4.90 Å². The van der Waals surface area contributed by atoms with E-state index in [0.29, 0.717) is 12.6 Å². The predicted molar refractivity (Wildman–Crippen MR) is 59.1 cm³/mol. The van der Waals surface area contributed by atoms with Gasteiger partial charge >= 0.3 is 0 Å². The number of morpholine rings is 1. The molecule has 0 bridgehead atoms. The summed E-state index contributed by atoms with van der Waals surface area (Å²) >= 11 is 0. The normalized spacial score (nSPS) is 26.5. The highest BCUT2D eigenvalue weighted by molar-refractivity contribution is 5.84. The van der Waals surface area contributed by atoms with Gasteiger partial charge < -0.3 is 15.7 Å². The fraction of sp³-hybridized carbons (Fsp3) is 0.900. The second-order valence-corrected chi connectivity index (χ2v) is 4.02. The molecule has 0 aromatic carbocycles. The van der Waals surface area contributed by atoms with Crippen LogP contribution in [-0.2, 0) is 4.74 Å². The highest BCUT2D eigenvalue weighted by Crippen LogP contribution is 2.12. The molecular formula is C10H21N3O2. The van der Waals surface area contributed by atoms with Gasteiger partial charge in [0.1, 0.15) is 6.10 Å². The van der Waals surface area contributed by atoms with Gasteiger partial charge in [-0.25, -0.2) is 0 Å². The number of oxime groups is 1. The first-order valence-corrected chi connectivity index (χ1v) is 5.52. The molecule has 1 fully saturated rings. The average Bonchev–Trinajstić information content (AvgIpc) is 2.28. The van der Waals surface area contributed by atoms with Crippen LogP contribution in [-0.4, -0.2) is 47.8 Å². The number of nitrogens with two attached hydrogens (primary N) is 1. The summed E-state index contributed by atoms with van der Waals surface area (Å²) < 4.78 is 5.43. The SMILES string of the molecule is CCCC(C)N1CCOC(C(N)=NO)C1. The van der Waals surface area contributed by atoms with Crippen molar-refractivity contribution in [3.63, 3.8) is 0 Å². The Morgan fingerprint density at radius 3 is 3.07 bits per heavy atom. The zero-order valence-corrected chi connectivity index (χ0v) is 9.52. The minimum absolute atomic E-state index is 0.170. The Bertz CT molecular complexity index is 221. The Labute approximate surface area is 90.9 Å². The van der Waals surface area contributed by atoms with Gasteiger partial charge in [0.2, 0.25) is 0 Å². The summed E-state index contributed by atoms with van der Waals surface area (Å²) in [5, 5.41) is 11.6. The van der Waals surface area contributed by atoms with Crippen LogP contribution >= 0.6 is 0 Å². The maximum atomic E-state index is 8.58. The van der Waals surface area contributed by atoms with Crippen molar-refractivity contribution in [2.75, 3.05) is 19.7 Å². The zero-order valence-electron chi connectivity index (χ0n) is 9.52. The lowest BCUT2D eigenvalue weighted by Crippen LogP contribution is -2.51. The fourth-order valence-electron chi connectivity index (χ4n) is 1.91. The molecule has 0 saturated carbocycles. The summed E-state index contributed by atoms with van der Waals surface area (Å²) in [7, 11) is 0. The maximum Gasteiger partial charge on any atom is 0.169 e. The van der Waals surface area contributed by atoms with E-state index in [1.165, 1.54) is 12.8 Å². The molecule has 1 heterocycles. The van der Waals surface area contributed by atoms with Gasteiger partial charge in [-0.1, -0.05) is 18.5 Å². The van der Waals surface area contributed by atoms with E-state index in [1.807, 2.05) is 0 Å². The van der Waals surface area contributed by atoms with Crippen molar-refractivity contribution in [2.24, 2.45) is 10.9 Å². The first kappa shape index (κ1) is 12.3. The van der Waals surface area contributed by atoms with E-state index < -0.39 is 0 Å². The highest BCUT2D eigenvalue weighted by Gasteiger charge is 2.26. The van der Waals surface area contributed by atoms with Crippen molar-refractivity contribution < 1.29 is 9.94 Å². The Balaban J connectivity index is 2.48. The van der Waals surface area contributed by atoms with Gasteiger partial charge in [0.15, 0.2) is 5.84 Å². The van der Waals surface area contributed by atoms with Crippen molar-refractivity contribution in [3.8, 4) is 0 Å². The van der Waals surface area contributed by atoms with Gasteiger partial charge in [0.05, 0.1) is 6.61 Å². The Hall–Kier alpha value is -0.810. The van der Waals surface area contributed by atoms with E-state index in [9.17, 15) is 0 Å². The number of ether oxygens (including phenoxy) is 1. The molecular weight excluding hydrogens is 194 g/mol. The van der Waals surface area contributed by atoms with Crippen LogP contribution in [0.5, 0.6) is 0 Å². The Morgan fingerprint density at radius 2 is 2.47 bits per heavy atom. The summed E-state index contributed by atoms with van der Waals surface area (Å²) in [4.78, 5) is 2.33. The van der Waals surface area contributed by atoms with Crippen LogP contribution in [0.25, 0.3) is 0 Å². The zero-order chi connectivity index (χ0) is 11.3. The molecule has 2 atom stereocenters. The third kappa shape index (κ3) is 3.35. The molecule has 1 rings (SSSR count). The van der Waals surface area contributed by atoms with Crippen molar-refractivity contribution in [1.29, 1.82) is 0 Å². The quantitative estimate of drug-likeness (QED) is 0.312. The molecule has 0 spiro atoms. The summed E-state index contributed by atoms with van der Waals surface area (Å²) in [5.74, 6) is 0.170. The minimum Gasteiger partial charge on any atom is -0.409 e. The first-order valence-electron chi connectivity index (χ1n) is 5.52. The lowest BCUT2D eigenvalue weighted by molar-refractivity contribution is -0.0115. The number of rotatable bonds is 4. The molecule has 1 aliphatic rings. The van der Waals surface area contributed by atoms with Gasteiger partial charge in [-0.05, 0) is 13.3 Å². The molecule has 5 nitrogen and oxygen atoms in total. The van der Waals surface area contributed by atoms with E-state index in [0.717, 1.165) is 13.1 Å². The van der Waals surface area contributed by atoms with Crippen LogP contribution in [0.3, 0.4) is 0 Å². The molecule has 88 valence electrons. The second-order valence-electron chi connectivity index (χ2n) is 4.02. The van der Waals surface area contributed by atoms with E-state index in [1.54, 1.807) is 0 Å². The van der Waals surface area contributed by atoms with Crippen molar-refractivity contribution in [1.82, 2.24) is 4.90 Å². The lowest BCUT2D eigenvalue weighted by atomic mass is 10.1. The third-order valence-electron chi connectivity index (χ3n) is 2.87. The van der Waals surface area contributed by atoms with Crippen molar-refractivity contribution >= 4 is 5.84 Å².